The van der Waals surface area contributed by atoms with Gasteiger partial charge in [-0.15, -0.1) is 11.3 Å². The number of hydrogen-bond acceptors (Lipinski definition) is 1. The largest absolute Gasteiger partial charge is 0.139 e. The highest BCUT2D eigenvalue weighted by molar-refractivity contribution is 7.19. The van der Waals surface area contributed by atoms with Crippen LogP contribution in [0.3, 0.4) is 0 Å². The van der Waals surface area contributed by atoms with Gasteiger partial charge in [-0.3, -0.25) is 0 Å². The Bertz CT molecular complexity index is 429. The fourth-order valence-corrected chi connectivity index (χ4v) is 2.85. The van der Waals surface area contributed by atoms with Crippen LogP contribution in [0.4, 0.5) is 0 Å². The first-order chi connectivity index (χ1) is 6.70. The van der Waals surface area contributed by atoms with Crippen molar-refractivity contribution in [1.82, 2.24) is 0 Å². The fourth-order valence-electron chi connectivity index (χ4n) is 1.39. The maximum absolute atomic E-state index is 6.16. The Labute approximate surface area is 94.5 Å². The Morgan fingerprint density at radius 3 is 2.36 bits per heavy atom. The van der Waals surface area contributed by atoms with Crippen molar-refractivity contribution in [3.8, 4) is 0 Å². The molecule has 1 aromatic carbocycles. The molecule has 0 fully saturated rings. The van der Waals surface area contributed by atoms with E-state index in [0.29, 0.717) is 0 Å². The van der Waals surface area contributed by atoms with Crippen molar-refractivity contribution in [3.63, 3.8) is 0 Å². The molecule has 0 saturated carbocycles. The van der Waals surface area contributed by atoms with E-state index in [9.17, 15) is 0 Å². The summed E-state index contributed by atoms with van der Waals surface area (Å²) in [6.45, 7) is 8.16. The van der Waals surface area contributed by atoms with Crippen LogP contribution in [-0.2, 0) is 0 Å². The van der Waals surface area contributed by atoms with Gasteiger partial charge in [0.2, 0.25) is 0 Å². The third-order valence-electron chi connectivity index (χ3n) is 2.03. The molecule has 1 heterocycles. The molecule has 0 spiro atoms. The third kappa shape index (κ3) is 1.94. The summed E-state index contributed by atoms with van der Waals surface area (Å²) in [7, 11) is 0. The standard InChI is InChI=1S/C10H9ClS.C2H6/c1-6-4-3-5-8-9(6)10(11)7(2)12-8;1-2/h3-5H,1-2H3;1-2H3. The summed E-state index contributed by atoms with van der Waals surface area (Å²) in [5, 5.41) is 2.15. The second-order valence-electron chi connectivity index (χ2n) is 2.92. The molecule has 0 radical (unpaired) electrons. The van der Waals surface area contributed by atoms with Crippen LogP contribution in [0.1, 0.15) is 24.3 Å². The van der Waals surface area contributed by atoms with Crippen LogP contribution in [0.15, 0.2) is 18.2 Å². The number of hydrogen-bond donors (Lipinski definition) is 0. The van der Waals surface area contributed by atoms with E-state index in [0.717, 1.165) is 5.02 Å². The zero-order valence-corrected chi connectivity index (χ0v) is 10.6. The van der Waals surface area contributed by atoms with Gasteiger partial charge in [0.05, 0.1) is 5.02 Å². The van der Waals surface area contributed by atoms with E-state index in [1.54, 1.807) is 11.3 Å². The summed E-state index contributed by atoms with van der Waals surface area (Å²) < 4.78 is 1.29. The molecule has 14 heavy (non-hydrogen) atoms. The van der Waals surface area contributed by atoms with E-state index < -0.39 is 0 Å². The van der Waals surface area contributed by atoms with Crippen molar-refractivity contribution < 1.29 is 0 Å². The molecule has 0 bridgehead atoms. The summed E-state index contributed by atoms with van der Waals surface area (Å²) in [6, 6.07) is 6.29. The van der Waals surface area contributed by atoms with Crippen LogP contribution in [-0.4, -0.2) is 0 Å². The minimum atomic E-state index is 0.924. The van der Waals surface area contributed by atoms with E-state index in [-0.39, 0.29) is 0 Å². The summed E-state index contributed by atoms with van der Waals surface area (Å²) in [5.41, 5.74) is 1.27. The molecule has 2 rings (SSSR count). The molecule has 2 aromatic rings. The number of benzene rings is 1. The lowest BCUT2D eigenvalue weighted by atomic mass is 10.1. The molecule has 0 aliphatic heterocycles. The minimum absolute atomic E-state index is 0.924. The van der Waals surface area contributed by atoms with Crippen molar-refractivity contribution >= 4 is 33.0 Å². The van der Waals surface area contributed by atoms with Crippen molar-refractivity contribution in [1.29, 1.82) is 0 Å². The summed E-state index contributed by atoms with van der Waals surface area (Å²) in [6.07, 6.45) is 0. The van der Waals surface area contributed by atoms with E-state index >= 15 is 0 Å². The van der Waals surface area contributed by atoms with Crippen LogP contribution < -0.4 is 0 Å². The molecule has 76 valence electrons. The Morgan fingerprint density at radius 1 is 1.14 bits per heavy atom. The quantitative estimate of drug-likeness (QED) is 0.580. The van der Waals surface area contributed by atoms with Gasteiger partial charge < -0.3 is 0 Å². The number of rotatable bonds is 0. The van der Waals surface area contributed by atoms with Crippen molar-refractivity contribution in [2.24, 2.45) is 0 Å². The zero-order valence-electron chi connectivity index (χ0n) is 9.02. The summed E-state index contributed by atoms with van der Waals surface area (Å²) >= 11 is 7.92. The molecule has 0 unspecified atom stereocenters. The predicted molar refractivity (Wildman–Crippen MR) is 67.7 cm³/mol. The highest BCUT2D eigenvalue weighted by Crippen LogP contribution is 2.36. The van der Waals surface area contributed by atoms with Gasteiger partial charge in [-0.1, -0.05) is 37.6 Å². The average Bonchev–Trinajstić information content (AvgIpc) is 2.47. The molecule has 0 N–H and O–H groups in total. The smallest absolute Gasteiger partial charge is 0.0623 e. The monoisotopic (exact) mass is 226 g/mol. The SMILES string of the molecule is CC.Cc1sc2cccc(C)c2c1Cl. The maximum Gasteiger partial charge on any atom is 0.0623 e. The lowest BCUT2D eigenvalue weighted by Gasteiger charge is -1.94. The van der Waals surface area contributed by atoms with E-state index in [1.165, 1.54) is 20.5 Å². The Hall–Kier alpha value is -0.530. The topological polar surface area (TPSA) is 0 Å². The molecule has 2 heteroatoms. The van der Waals surface area contributed by atoms with E-state index in [2.05, 4.69) is 32.0 Å². The fraction of sp³-hybridized carbons (Fsp3) is 0.333. The Balaban J connectivity index is 0.000000461. The van der Waals surface area contributed by atoms with Gasteiger partial charge in [0, 0.05) is 15.0 Å². The normalized spacial score (nSPS) is 9.79. The highest BCUT2D eigenvalue weighted by Gasteiger charge is 2.07. The second-order valence-corrected chi connectivity index (χ2v) is 4.55. The average molecular weight is 227 g/mol. The Kier molecular flexibility index (Phi) is 3.97. The Morgan fingerprint density at radius 2 is 1.79 bits per heavy atom. The van der Waals surface area contributed by atoms with Gasteiger partial charge in [-0.2, -0.15) is 0 Å². The molecule has 0 nitrogen and oxygen atoms in total. The number of aryl methyl sites for hydroxylation is 2. The predicted octanol–water partition coefficient (Wildman–Crippen LogP) is 5.20. The van der Waals surface area contributed by atoms with Crippen LogP contribution in [0.25, 0.3) is 10.1 Å². The molecule has 0 atom stereocenters. The third-order valence-corrected chi connectivity index (χ3v) is 3.68. The summed E-state index contributed by atoms with van der Waals surface area (Å²) in [5.74, 6) is 0. The first-order valence-electron chi connectivity index (χ1n) is 4.84. The van der Waals surface area contributed by atoms with Crippen LogP contribution >= 0.6 is 22.9 Å². The molecule has 0 saturated heterocycles. The van der Waals surface area contributed by atoms with Gasteiger partial charge in [-0.25, -0.2) is 0 Å². The van der Waals surface area contributed by atoms with Crippen LogP contribution in [0.5, 0.6) is 0 Å². The van der Waals surface area contributed by atoms with Crippen molar-refractivity contribution in [3.05, 3.63) is 33.7 Å². The highest BCUT2D eigenvalue weighted by atomic mass is 35.5. The molecule has 0 aliphatic rings. The lowest BCUT2D eigenvalue weighted by Crippen LogP contribution is -1.71. The molecule has 0 aliphatic carbocycles. The summed E-state index contributed by atoms with van der Waals surface area (Å²) in [4.78, 5) is 1.21. The molecular weight excluding hydrogens is 212 g/mol. The lowest BCUT2D eigenvalue weighted by molar-refractivity contribution is 1.50. The second kappa shape index (κ2) is 4.81. The zero-order chi connectivity index (χ0) is 10.7. The molecular formula is C12H15ClS. The first-order valence-corrected chi connectivity index (χ1v) is 6.04. The molecule has 0 amide bonds. The van der Waals surface area contributed by atoms with Gasteiger partial charge in [-0.05, 0) is 25.5 Å². The number of thiophene rings is 1. The van der Waals surface area contributed by atoms with Crippen molar-refractivity contribution in [2.45, 2.75) is 27.7 Å². The van der Waals surface area contributed by atoms with Gasteiger partial charge in [0.15, 0.2) is 0 Å². The van der Waals surface area contributed by atoms with Crippen molar-refractivity contribution in [2.75, 3.05) is 0 Å². The van der Waals surface area contributed by atoms with Crippen LogP contribution in [0.2, 0.25) is 5.02 Å². The van der Waals surface area contributed by atoms with Crippen LogP contribution in [0, 0.1) is 13.8 Å². The number of fused-ring (bicyclic) bond motifs is 1. The minimum Gasteiger partial charge on any atom is -0.139 e. The molecule has 1 aromatic heterocycles. The van der Waals surface area contributed by atoms with Gasteiger partial charge >= 0.3 is 0 Å². The maximum atomic E-state index is 6.16. The first kappa shape index (κ1) is 11.5. The van der Waals surface area contributed by atoms with E-state index in [1.807, 2.05) is 13.8 Å². The van der Waals surface area contributed by atoms with Gasteiger partial charge in [0.25, 0.3) is 0 Å². The van der Waals surface area contributed by atoms with E-state index in [4.69, 9.17) is 11.6 Å². The van der Waals surface area contributed by atoms with Gasteiger partial charge in [0.1, 0.15) is 0 Å². The number of halogens is 1.